The highest BCUT2D eigenvalue weighted by Gasteiger charge is 2.19. The molecular weight excluding hydrogens is 731 g/mol. The van der Waals surface area contributed by atoms with Gasteiger partial charge in [-0.3, -0.25) is 0 Å². The first kappa shape index (κ1) is 33.9. The maximum atomic E-state index is 5.09. The van der Waals surface area contributed by atoms with Gasteiger partial charge in [-0.05, 0) is 70.4 Å². The molecule has 0 unspecified atom stereocenters. The number of hydrogen-bond donors (Lipinski definition) is 0. The van der Waals surface area contributed by atoms with E-state index in [4.69, 9.17) is 9.97 Å². The molecule has 12 rings (SSSR count). The molecule has 3 heterocycles. The van der Waals surface area contributed by atoms with Crippen LogP contribution in [0.15, 0.2) is 213 Å². The molecule has 12 aromatic rings. The molecule has 0 spiro atoms. The average Bonchev–Trinajstić information content (AvgIpc) is 3.84. The van der Waals surface area contributed by atoms with Crippen molar-refractivity contribution < 1.29 is 0 Å². The van der Waals surface area contributed by atoms with Gasteiger partial charge in [-0.25, -0.2) is 15.0 Å². The van der Waals surface area contributed by atoms with Gasteiger partial charge in [0.25, 0.3) is 0 Å². The van der Waals surface area contributed by atoms with E-state index in [-0.39, 0.29) is 0 Å². The molecule has 0 bridgehead atoms. The highest BCUT2D eigenvalue weighted by atomic mass is 15.0. The van der Waals surface area contributed by atoms with E-state index in [0.29, 0.717) is 11.6 Å². The van der Waals surface area contributed by atoms with Gasteiger partial charge in [0.05, 0.1) is 33.4 Å². The van der Waals surface area contributed by atoms with E-state index in [0.717, 1.165) is 61.0 Å². The monoisotopic (exact) mass is 765 g/mol. The molecule has 0 aliphatic carbocycles. The Morgan fingerprint density at radius 1 is 0.300 bits per heavy atom. The summed E-state index contributed by atoms with van der Waals surface area (Å²) in [6, 6.07) is 73.6. The summed E-state index contributed by atoms with van der Waals surface area (Å²) in [5.41, 5.74) is 13.4. The molecule has 0 fully saturated rings. The number of para-hydroxylation sites is 5. The summed E-state index contributed by atoms with van der Waals surface area (Å²) in [5, 5.41) is 7.21. The van der Waals surface area contributed by atoms with E-state index in [1.165, 1.54) is 38.1 Å². The van der Waals surface area contributed by atoms with Gasteiger partial charge in [0, 0.05) is 43.8 Å². The molecule has 0 aliphatic heterocycles. The first-order valence-electron chi connectivity index (χ1n) is 20.3. The maximum Gasteiger partial charge on any atom is 0.163 e. The number of nitrogens with zero attached hydrogens (tertiary/aromatic N) is 5. The lowest BCUT2D eigenvalue weighted by Crippen LogP contribution is -2.00. The summed E-state index contributed by atoms with van der Waals surface area (Å²) >= 11 is 0. The van der Waals surface area contributed by atoms with Crippen molar-refractivity contribution >= 4 is 54.4 Å². The summed E-state index contributed by atoms with van der Waals surface area (Å²) in [4.78, 5) is 14.5. The molecule has 280 valence electrons. The quantitative estimate of drug-likeness (QED) is 0.169. The Morgan fingerprint density at radius 2 is 0.733 bits per heavy atom. The lowest BCUT2D eigenvalue weighted by atomic mass is 9.98. The predicted octanol–water partition coefficient (Wildman–Crippen LogP) is 13.9. The summed E-state index contributed by atoms with van der Waals surface area (Å²) in [6.07, 6.45) is 1.63. The Balaban J connectivity index is 0.938. The Labute approximate surface area is 346 Å². The molecule has 9 aromatic carbocycles. The van der Waals surface area contributed by atoms with Crippen molar-refractivity contribution in [1.82, 2.24) is 24.1 Å². The van der Waals surface area contributed by atoms with Gasteiger partial charge in [0.1, 0.15) is 6.33 Å². The SMILES string of the molecule is c1ccc(-c2ccc(-c3ncnc(-c4ccc5cc(-c6ccccc6-n6c7ccccc7c7ccccc76)ccc5c4)n3)cc2-n2c3ccccc3c3ccccc32)cc1. The molecule has 3 aromatic heterocycles. The molecule has 0 atom stereocenters. The van der Waals surface area contributed by atoms with Crippen molar-refractivity contribution in [2.75, 3.05) is 0 Å². The van der Waals surface area contributed by atoms with Crippen LogP contribution >= 0.6 is 0 Å². The largest absolute Gasteiger partial charge is 0.309 e. The molecule has 0 radical (unpaired) electrons. The second-order valence-electron chi connectivity index (χ2n) is 15.3. The zero-order valence-electron chi connectivity index (χ0n) is 32.4. The highest BCUT2D eigenvalue weighted by Crippen LogP contribution is 2.39. The second kappa shape index (κ2) is 13.8. The second-order valence-corrected chi connectivity index (χ2v) is 15.3. The third-order valence-electron chi connectivity index (χ3n) is 11.9. The number of benzene rings is 9. The number of rotatable bonds is 6. The first-order valence-corrected chi connectivity index (χ1v) is 20.3. The molecule has 0 amide bonds. The van der Waals surface area contributed by atoms with Crippen LogP contribution in [0.4, 0.5) is 0 Å². The minimum absolute atomic E-state index is 0.624. The third kappa shape index (κ3) is 5.44. The molecular formula is C55H35N5. The third-order valence-corrected chi connectivity index (χ3v) is 11.9. The normalized spacial score (nSPS) is 11.7. The van der Waals surface area contributed by atoms with Crippen LogP contribution in [0.25, 0.3) is 111 Å². The minimum atomic E-state index is 0.624. The van der Waals surface area contributed by atoms with Crippen LogP contribution < -0.4 is 0 Å². The van der Waals surface area contributed by atoms with E-state index in [2.05, 4.69) is 220 Å². The fourth-order valence-corrected chi connectivity index (χ4v) is 9.12. The van der Waals surface area contributed by atoms with Crippen molar-refractivity contribution in [3.05, 3.63) is 213 Å². The van der Waals surface area contributed by atoms with Gasteiger partial charge >= 0.3 is 0 Å². The van der Waals surface area contributed by atoms with Gasteiger partial charge < -0.3 is 9.13 Å². The molecule has 0 saturated heterocycles. The van der Waals surface area contributed by atoms with Crippen LogP contribution in [0.2, 0.25) is 0 Å². The zero-order chi connectivity index (χ0) is 39.6. The van der Waals surface area contributed by atoms with E-state index in [9.17, 15) is 0 Å². The van der Waals surface area contributed by atoms with Gasteiger partial charge in [0.15, 0.2) is 11.6 Å². The fraction of sp³-hybridized carbons (Fsp3) is 0. The smallest absolute Gasteiger partial charge is 0.163 e. The van der Waals surface area contributed by atoms with Crippen LogP contribution in [0.5, 0.6) is 0 Å². The summed E-state index contributed by atoms with van der Waals surface area (Å²) < 4.78 is 4.77. The minimum Gasteiger partial charge on any atom is -0.309 e. The summed E-state index contributed by atoms with van der Waals surface area (Å²) in [7, 11) is 0. The van der Waals surface area contributed by atoms with E-state index < -0.39 is 0 Å². The molecule has 5 nitrogen and oxygen atoms in total. The Morgan fingerprint density at radius 3 is 1.33 bits per heavy atom. The van der Waals surface area contributed by atoms with Crippen LogP contribution in [-0.4, -0.2) is 24.1 Å². The summed E-state index contributed by atoms with van der Waals surface area (Å²) in [5.74, 6) is 1.26. The van der Waals surface area contributed by atoms with E-state index in [1.54, 1.807) is 6.33 Å². The lowest BCUT2D eigenvalue weighted by molar-refractivity contribution is 1.06. The van der Waals surface area contributed by atoms with Gasteiger partial charge in [-0.1, -0.05) is 158 Å². The fourth-order valence-electron chi connectivity index (χ4n) is 9.12. The zero-order valence-corrected chi connectivity index (χ0v) is 32.4. The number of fused-ring (bicyclic) bond motifs is 7. The predicted molar refractivity (Wildman–Crippen MR) is 248 cm³/mol. The summed E-state index contributed by atoms with van der Waals surface area (Å²) in [6.45, 7) is 0. The van der Waals surface area contributed by atoms with Crippen molar-refractivity contribution in [2.45, 2.75) is 0 Å². The van der Waals surface area contributed by atoms with Crippen molar-refractivity contribution in [3.63, 3.8) is 0 Å². The van der Waals surface area contributed by atoms with Crippen LogP contribution in [-0.2, 0) is 0 Å². The molecule has 0 saturated carbocycles. The lowest BCUT2D eigenvalue weighted by Gasteiger charge is -2.16. The van der Waals surface area contributed by atoms with Crippen LogP contribution in [0.1, 0.15) is 0 Å². The van der Waals surface area contributed by atoms with E-state index in [1.807, 2.05) is 0 Å². The Hall–Kier alpha value is -8.15. The molecule has 0 N–H and O–H groups in total. The molecule has 0 aliphatic rings. The van der Waals surface area contributed by atoms with Gasteiger partial charge in [-0.15, -0.1) is 0 Å². The van der Waals surface area contributed by atoms with Crippen LogP contribution in [0, 0.1) is 0 Å². The Kier molecular flexibility index (Phi) is 7.78. The molecule has 60 heavy (non-hydrogen) atoms. The van der Waals surface area contributed by atoms with E-state index >= 15 is 0 Å². The van der Waals surface area contributed by atoms with Gasteiger partial charge in [0.2, 0.25) is 0 Å². The topological polar surface area (TPSA) is 48.5 Å². The van der Waals surface area contributed by atoms with Crippen molar-refractivity contribution in [2.24, 2.45) is 0 Å². The standard InChI is InChI=1S/C55H35N5/c1-2-14-36(15-3-1)43-31-30-41(34-53(43)60-51-24-12-7-19-46(51)47-20-8-13-25-52(47)60)55-57-35-56-54(58-55)40-29-27-37-32-39(28-26-38(37)33-40)42-16-4-9-21-48(42)59-49-22-10-5-17-44(49)45-18-6-11-23-50(45)59/h1-35H. The number of hydrogen-bond acceptors (Lipinski definition) is 3. The van der Waals surface area contributed by atoms with Crippen LogP contribution in [0.3, 0.4) is 0 Å². The Bertz CT molecular complexity index is 3510. The average molecular weight is 766 g/mol. The van der Waals surface area contributed by atoms with Crippen molar-refractivity contribution in [3.8, 4) is 56.4 Å². The highest BCUT2D eigenvalue weighted by molar-refractivity contribution is 6.11. The van der Waals surface area contributed by atoms with Crippen molar-refractivity contribution in [1.29, 1.82) is 0 Å². The first-order chi connectivity index (χ1) is 29.8. The maximum absolute atomic E-state index is 5.09. The number of aromatic nitrogens is 5. The molecule has 5 heteroatoms. The van der Waals surface area contributed by atoms with Gasteiger partial charge in [-0.2, -0.15) is 0 Å².